The summed E-state index contributed by atoms with van der Waals surface area (Å²) in [6, 6.07) is 4.75. The fraction of sp³-hybridized carbons (Fsp3) is 0.571. The summed E-state index contributed by atoms with van der Waals surface area (Å²) in [6.45, 7) is 6.45. The molecular weight excluding hydrogens is 214 g/mol. The number of nitrogens with one attached hydrogen (secondary N) is 1. The minimum absolute atomic E-state index is 0. The molecule has 0 atom stereocenters. The van der Waals surface area contributed by atoms with Gasteiger partial charge in [0.25, 0.3) is 0 Å². The summed E-state index contributed by atoms with van der Waals surface area (Å²) in [5.41, 5.74) is 2.41. The van der Waals surface area contributed by atoms with Crippen LogP contribution in [0.2, 0.25) is 0 Å². The highest BCUT2D eigenvalue weighted by molar-refractivity contribution is 5.61. The Morgan fingerprint density at radius 3 is 2.41 bits per heavy atom. The first-order valence-corrected chi connectivity index (χ1v) is 6.50. The van der Waals surface area contributed by atoms with Crippen LogP contribution in [0.1, 0.15) is 40.1 Å². The molecule has 3 heteroatoms. The molecule has 1 N–H and O–H groups in total. The van der Waals surface area contributed by atoms with Crippen LogP contribution in [-0.2, 0) is 0 Å². The van der Waals surface area contributed by atoms with Crippen molar-refractivity contribution in [3.8, 4) is 11.5 Å². The smallest absolute Gasteiger partial charge is 0.231 e. The summed E-state index contributed by atoms with van der Waals surface area (Å²) in [7, 11) is 0. The van der Waals surface area contributed by atoms with Crippen molar-refractivity contribution in [3.05, 3.63) is 17.7 Å². The first-order valence-electron chi connectivity index (χ1n) is 6.50. The topological polar surface area (TPSA) is 30.5 Å². The van der Waals surface area contributed by atoms with E-state index in [1.54, 1.807) is 0 Å². The Morgan fingerprint density at radius 1 is 1.18 bits per heavy atom. The van der Waals surface area contributed by atoms with E-state index >= 15 is 0 Å². The van der Waals surface area contributed by atoms with Crippen LogP contribution in [0, 0.1) is 6.92 Å². The predicted octanol–water partition coefficient (Wildman–Crippen LogP) is 3.96. The standard InChI is InChI=1S/C12H15NO2.C2H6.H2/c1-8-5-11-12(15-7-14-11)6-10(8)13-9-3-2-4-9;1-2;/h5-6,9,13H,2-4,7H2,1H3;1-2H3;1H. The Morgan fingerprint density at radius 2 is 1.82 bits per heavy atom. The van der Waals surface area contributed by atoms with E-state index in [4.69, 9.17) is 9.47 Å². The summed E-state index contributed by atoms with van der Waals surface area (Å²) in [6.07, 6.45) is 3.92. The number of hydrogen-bond donors (Lipinski definition) is 1. The van der Waals surface area contributed by atoms with Crippen molar-refractivity contribution >= 4 is 5.69 Å². The van der Waals surface area contributed by atoms with E-state index in [0.717, 1.165) is 11.5 Å². The highest BCUT2D eigenvalue weighted by Gasteiger charge is 2.20. The van der Waals surface area contributed by atoms with E-state index < -0.39 is 0 Å². The average Bonchev–Trinajstić information content (AvgIpc) is 2.73. The van der Waals surface area contributed by atoms with Crippen LogP contribution >= 0.6 is 0 Å². The van der Waals surface area contributed by atoms with Crippen molar-refractivity contribution in [1.82, 2.24) is 0 Å². The predicted molar refractivity (Wildman–Crippen MR) is 72.0 cm³/mol. The third-order valence-electron chi connectivity index (χ3n) is 3.18. The second-order valence-electron chi connectivity index (χ2n) is 4.29. The Labute approximate surface area is 105 Å². The zero-order chi connectivity index (χ0) is 12.3. The lowest BCUT2D eigenvalue weighted by atomic mass is 9.92. The summed E-state index contributed by atoms with van der Waals surface area (Å²) in [5, 5.41) is 3.54. The van der Waals surface area contributed by atoms with Crippen LogP contribution in [0.15, 0.2) is 12.1 Å². The molecule has 1 saturated carbocycles. The molecule has 3 rings (SSSR count). The lowest BCUT2D eigenvalue weighted by Gasteiger charge is -2.28. The molecule has 1 heterocycles. The quantitative estimate of drug-likeness (QED) is 0.844. The van der Waals surface area contributed by atoms with E-state index in [9.17, 15) is 0 Å². The van der Waals surface area contributed by atoms with E-state index in [0.29, 0.717) is 12.8 Å². The second-order valence-corrected chi connectivity index (χ2v) is 4.29. The van der Waals surface area contributed by atoms with Gasteiger partial charge in [-0.3, -0.25) is 0 Å². The lowest BCUT2D eigenvalue weighted by Crippen LogP contribution is -2.27. The molecule has 2 aliphatic rings. The summed E-state index contributed by atoms with van der Waals surface area (Å²) in [4.78, 5) is 0. The molecule has 1 aromatic rings. The molecule has 0 unspecified atom stereocenters. The van der Waals surface area contributed by atoms with E-state index in [-0.39, 0.29) is 1.43 Å². The van der Waals surface area contributed by atoms with Gasteiger partial charge in [0.05, 0.1) is 0 Å². The molecule has 1 aromatic carbocycles. The van der Waals surface area contributed by atoms with Gasteiger partial charge in [-0.25, -0.2) is 0 Å². The molecule has 17 heavy (non-hydrogen) atoms. The molecule has 0 radical (unpaired) electrons. The number of aryl methyl sites for hydroxylation is 1. The minimum atomic E-state index is 0. The van der Waals surface area contributed by atoms with Gasteiger partial charge in [-0.2, -0.15) is 0 Å². The molecule has 0 aromatic heterocycles. The highest BCUT2D eigenvalue weighted by Crippen LogP contribution is 2.37. The van der Waals surface area contributed by atoms with Crippen LogP contribution in [0.4, 0.5) is 5.69 Å². The van der Waals surface area contributed by atoms with Gasteiger partial charge in [0, 0.05) is 19.2 Å². The normalized spacial score (nSPS) is 16.9. The molecule has 3 nitrogen and oxygen atoms in total. The van der Waals surface area contributed by atoms with Crippen molar-refractivity contribution in [1.29, 1.82) is 0 Å². The average molecular weight is 237 g/mol. The highest BCUT2D eigenvalue weighted by atomic mass is 16.7. The van der Waals surface area contributed by atoms with Gasteiger partial charge >= 0.3 is 0 Å². The van der Waals surface area contributed by atoms with Gasteiger partial charge in [0.2, 0.25) is 6.79 Å². The zero-order valence-corrected chi connectivity index (χ0v) is 10.9. The first kappa shape index (κ1) is 12.1. The maximum absolute atomic E-state index is 5.37. The van der Waals surface area contributed by atoms with Gasteiger partial charge in [-0.15, -0.1) is 0 Å². The van der Waals surface area contributed by atoms with Gasteiger partial charge in [-0.1, -0.05) is 13.8 Å². The maximum Gasteiger partial charge on any atom is 0.231 e. The van der Waals surface area contributed by atoms with Crippen molar-refractivity contribution in [2.75, 3.05) is 12.1 Å². The zero-order valence-electron chi connectivity index (χ0n) is 10.9. The summed E-state index contributed by atoms with van der Waals surface area (Å²) >= 11 is 0. The lowest BCUT2D eigenvalue weighted by molar-refractivity contribution is 0.174. The van der Waals surface area contributed by atoms with Crippen LogP contribution < -0.4 is 14.8 Å². The van der Waals surface area contributed by atoms with Crippen LogP contribution in [-0.4, -0.2) is 12.8 Å². The molecule has 0 bridgehead atoms. The van der Waals surface area contributed by atoms with Crippen LogP contribution in [0.3, 0.4) is 0 Å². The fourth-order valence-electron chi connectivity index (χ4n) is 1.97. The SMILES string of the molecule is CC.Cc1cc2c(cc1NC1CCC1)OCO2.[HH]. The Kier molecular flexibility index (Phi) is 3.77. The molecule has 0 saturated heterocycles. The molecule has 96 valence electrons. The third kappa shape index (κ3) is 2.48. The molecule has 1 fully saturated rings. The van der Waals surface area contributed by atoms with Gasteiger partial charge in [0.15, 0.2) is 11.5 Å². The number of ether oxygens (including phenoxy) is 2. The molecule has 1 aliphatic heterocycles. The van der Waals surface area contributed by atoms with Crippen molar-refractivity contribution < 1.29 is 10.9 Å². The Hall–Kier alpha value is -1.38. The third-order valence-corrected chi connectivity index (χ3v) is 3.18. The van der Waals surface area contributed by atoms with Crippen molar-refractivity contribution in [2.24, 2.45) is 0 Å². The monoisotopic (exact) mass is 237 g/mol. The number of benzene rings is 1. The fourth-order valence-corrected chi connectivity index (χ4v) is 1.97. The first-order chi connectivity index (χ1) is 8.33. The Balaban J connectivity index is 0.000000516. The second kappa shape index (κ2) is 5.30. The van der Waals surface area contributed by atoms with Crippen LogP contribution in [0.5, 0.6) is 11.5 Å². The van der Waals surface area contributed by atoms with Crippen molar-refractivity contribution in [3.63, 3.8) is 0 Å². The number of rotatable bonds is 2. The largest absolute Gasteiger partial charge is 0.454 e. The van der Waals surface area contributed by atoms with Crippen molar-refractivity contribution in [2.45, 2.75) is 46.1 Å². The number of hydrogen-bond acceptors (Lipinski definition) is 3. The summed E-state index contributed by atoms with van der Waals surface area (Å²) < 4.78 is 10.7. The summed E-state index contributed by atoms with van der Waals surface area (Å²) in [5.74, 6) is 1.73. The van der Waals surface area contributed by atoms with Crippen LogP contribution in [0.25, 0.3) is 0 Å². The van der Waals surface area contributed by atoms with Gasteiger partial charge in [-0.05, 0) is 37.8 Å². The van der Waals surface area contributed by atoms with E-state index in [2.05, 4.69) is 18.3 Å². The Bertz CT molecular complexity index is 392. The number of anilines is 1. The van der Waals surface area contributed by atoms with Gasteiger partial charge in [0.1, 0.15) is 0 Å². The van der Waals surface area contributed by atoms with E-state index in [1.807, 2.05) is 19.9 Å². The molecule has 0 amide bonds. The minimum Gasteiger partial charge on any atom is -0.454 e. The maximum atomic E-state index is 5.37. The van der Waals surface area contributed by atoms with Gasteiger partial charge < -0.3 is 14.8 Å². The molecule has 0 spiro atoms. The molecule has 1 aliphatic carbocycles. The van der Waals surface area contributed by atoms with E-state index in [1.165, 1.54) is 30.5 Å². The number of fused-ring (bicyclic) bond motifs is 1. The molecular formula is C14H23NO2.